The average Bonchev–Trinajstić information content (AvgIpc) is 2.46. The normalized spacial score (nSPS) is 11.1. The molecule has 0 fully saturated rings. The lowest BCUT2D eigenvalue weighted by Gasteiger charge is -2.09. The Morgan fingerprint density at radius 3 is 2.38 bits per heavy atom. The summed E-state index contributed by atoms with van der Waals surface area (Å²) in [6.07, 6.45) is 0. The fraction of sp³-hybridized carbons (Fsp3) is 0.214. The van der Waals surface area contributed by atoms with Crippen LogP contribution >= 0.6 is 15.9 Å². The van der Waals surface area contributed by atoms with Crippen molar-refractivity contribution in [2.45, 2.75) is 13.5 Å². The minimum Gasteiger partial charge on any atom is -0.379 e. The highest BCUT2D eigenvalue weighted by Gasteiger charge is 2.06. The number of anilines is 2. The van der Waals surface area contributed by atoms with Gasteiger partial charge in [0.15, 0.2) is 0 Å². The van der Waals surface area contributed by atoms with Gasteiger partial charge < -0.3 is 5.32 Å². The van der Waals surface area contributed by atoms with Gasteiger partial charge in [-0.3, -0.25) is 4.72 Å². The first-order valence-corrected chi connectivity index (χ1v) is 8.89. The Morgan fingerprint density at radius 2 is 1.76 bits per heavy atom. The molecule has 1 aromatic heterocycles. The highest BCUT2D eigenvalue weighted by Crippen LogP contribution is 2.16. The number of aromatic nitrogens is 1. The van der Waals surface area contributed by atoms with E-state index in [0.717, 1.165) is 16.0 Å². The van der Waals surface area contributed by atoms with Gasteiger partial charge in [-0.05, 0) is 59.3 Å². The third-order valence-corrected chi connectivity index (χ3v) is 4.53. The zero-order valence-corrected chi connectivity index (χ0v) is 13.9. The smallest absolute Gasteiger partial charge is 0.232 e. The van der Waals surface area contributed by atoms with Crippen LogP contribution < -0.4 is 10.0 Å². The molecule has 0 amide bonds. The summed E-state index contributed by atoms with van der Waals surface area (Å²) < 4.78 is 26.2. The number of benzene rings is 1. The van der Waals surface area contributed by atoms with E-state index in [9.17, 15) is 8.42 Å². The van der Waals surface area contributed by atoms with Gasteiger partial charge in [0.05, 0.1) is 18.0 Å². The van der Waals surface area contributed by atoms with Crippen molar-refractivity contribution < 1.29 is 8.42 Å². The SMILES string of the molecule is CCS(=O)(=O)Nc1ccc(NCc2cccc(Br)n2)cc1. The van der Waals surface area contributed by atoms with E-state index >= 15 is 0 Å². The van der Waals surface area contributed by atoms with E-state index in [0.29, 0.717) is 12.2 Å². The van der Waals surface area contributed by atoms with Crippen molar-refractivity contribution in [3.05, 3.63) is 52.8 Å². The van der Waals surface area contributed by atoms with Crippen LogP contribution in [0.2, 0.25) is 0 Å². The van der Waals surface area contributed by atoms with Gasteiger partial charge in [-0.25, -0.2) is 13.4 Å². The number of nitrogens with zero attached hydrogens (tertiary/aromatic N) is 1. The molecule has 0 saturated heterocycles. The first-order chi connectivity index (χ1) is 9.98. The number of hydrogen-bond acceptors (Lipinski definition) is 4. The lowest BCUT2D eigenvalue weighted by atomic mass is 10.3. The standard InChI is InChI=1S/C14H16BrN3O2S/c1-2-21(19,20)18-12-8-6-11(7-9-12)16-10-13-4-3-5-14(15)17-13/h3-9,16,18H,2,10H2,1H3. The third kappa shape index (κ3) is 5.02. The predicted octanol–water partition coefficient (Wildman–Crippen LogP) is 3.22. The second-order valence-corrected chi connectivity index (χ2v) is 7.21. The number of sulfonamides is 1. The number of halogens is 1. The molecule has 0 bridgehead atoms. The maximum absolute atomic E-state index is 11.5. The second-order valence-electron chi connectivity index (χ2n) is 4.39. The predicted molar refractivity (Wildman–Crippen MR) is 88.8 cm³/mol. The molecule has 1 aromatic carbocycles. The monoisotopic (exact) mass is 369 g/mol. The molecule has 0 radical (unpaired) electrons. The summed E-state index contributed by atoms with van der Waals surface area (Å²) >= 11 is 3.33. The number of hydrogen-bond donors (Lipinski definition) is 2. The molecule has 0 aliphatic rings. The van der Waals surface area contributed by atoms with Gasteiger partial charge in [0.1, 0.15) is 4.60 Å². The molecular formula is C14H16BrN3O2S. The average molecular weight is 370 g/mol. The summed E-state index contributed by atoms with van der Waals surface area (Å²) in [4.78, 5) is 4.33. The second kappa shape index (κ2) is 6.91. The number of rotatable bonds is 6. The van der Waals surface area contributed by atoms with Gasteiger partial charge >= 0.3 is 0 Å². The first kappa shape index (κ1) is 15.8. The van der Waals surface area contributed by atoms with Crippen LogP contribution in [0.5, 0.6) is 0 Å². The quantitative estimate of drug-likeness (QED) is 0.766. The molecule has 0 atom stereocenters. The van der Waals surface area contributed by atoms with E-state index in [4.69, 9.17) is 0 Å². The van der Waals surface area contributed by atoms with E-state index in [1.807, 2.05) is 30.3 Å². The Bertz CT molecular complexity index is 702. The van der Waals surface area contributed by atoms with Crippen molar-refractivity contribution >= 4 is 37.3 Å². The Labute approximate surface area is 133 Å². The van der Waals surface area contributed by atoms with Gasteiger partial charge in [-0.2, -0.15) is 0 Å². The van der Waals surface area contributed by atoms with E-state index < -0.39 is 10.0 Å². The van der Waals surface area contributed by atoms with Gasteiger partial charge in [0, 0.05) is 11.4 Å². The maximum atomic E-state index is 11.5. The highest BCUT2D eigenvalue weighted by molar-refractivity contribution is 9.10. The molecule has 7 heteroatoms. The fourth-order valence-electron chi connectivity index (χ4n) is 1.65. The van der Waals surface area contributed by atoms with Gasteiger partial charge in [0.25, 0.3) is 0 Å². The zero-order chi connectivity index (χ0) is 15.3. The van der Waals surface area contributed by atoms with Gasteiger partial charge in [-0.15, -0.1) is 0 Å². The number of nitrogens with one attached hydrogen (secondary N) is 2. The molecule has 0 aliphatic carbocycles. The van der Waals surface area contributed by atoms with Crippen LogP contribution in [0, 0.1) is 0 Å². The minimum atomic E-state index is -3.23. The van der Waals surface area contributed by atoms with Gasteiger partial charge in [-0.1, -0.05) is 6.07 Å². The topological polar surface area (TPSA) is 71.1 Å². The first-order valence-electron chi connectivity index (χ1n) is 6.44. The summed E-state index contributed by atoms with van der Waals surface area (Å²) in [6, 6.07) is 12.8. The van der Waals surface area contributed by atoms with Crippen LogP contribution in [0.1, 0.15) is 12.6 Å². The molecule has 2 aromatic rings. The molecule has 2 rings (SSSR count). The maximum Gasteiger partial charge on any atom is 0.232 e. The Kier molecular flexibility index (Phi) is 5.19. The van der Waals surface area contributed by atoms with Crippen LogP contribution in [0.3, 0.4) is 0 Å². The number of pyridine rings is 1. The van der Waals surface area contributed by atoms with Crippen LogP contribution in [-0.4, -0.2) is 19.2 Å². The zero-order valence-electron chi connectivity index (χ0n) is 11.5. The van der Waals surface area contributed by atoms with E-state index in [2.05, 4.69) is 31.0 Å². The largest absolute Gasteiger partial charge is 0.379 e. The van der Waals surface area contributed by atoms with Crippen molar-refractivity contribution in [2.75, 3.05) is 15.8 Å². The van der Waals surface area contributed by atoms with Crippen molar-refractivity contribution in [3.63, 3.8) is 0 Å². The molecule has 0 unspecified atom stereocenters. The van der Waals surface area contributed by atoms with Crippen molar-refractivity contribution in [1.82, 2.24) is 4.98 Å². The molecule has 5 nitrogen and oxygen atoms in total. The lowest BCUT2D eigenvalue weighted by Crippen LogP contribution is -2.14. The van der Waals surface area contributed by atoms with Crippen LogP contribution in [0.15, 0.2) is 47.1 Å². The Morgan fingerprint density at radius 1 is 1.10 bits per heavy atom. The van der Waals surface area contributed by atoms with Crippen molar-refractivity contribution in [1.29, 1.82) is 0 Å². The van der Waals surface area contributed by atoms with Crippen LogP contribution in [-0.2, 0) is 16.6 Å². The van der Waals surface area contributed by atoms with E-state index in [-0.39, 0.29) is 5.75 Å². The molecule has 21 heavy (non-hydrogen) atoms. The van der Waals surface area contributed by atoms with Crippen molar-refractivity contribution in [3.8, 4) is 0 Å². The molecule has 112 valence electrons. The van der Waals surface area contributed by atoms with E-state index in [1.165, 1.54) is 0 Å². The molecule has 1 heterocycles. The third-order valence-electron chi connectivity index (χ3n) is 2.78. The van der Waals surface area contributed by atoms with E-state index in [1.54, 1.807) is 19.1 Å². The van der Waals surface area contributed by atoms with Crippen LogP contribution in [0.25, 0.3) is 0 Å². The van der Waals surface area contributed by atoms with Crippen LogP contribution in [0.4, 0.5) is 11.4 Å². The minimum absolute atomic E-state index is 0.0571. The Balaban J connectivity index is 1.96. The summed E-state index contributed by atoms with van der Waals surface area (Å²) in [5, 5.41) is 3.23. The Hall–Kier alpha value is -1.60. The summed E-state index contributed by atoms with van der Waals surface area (Å²) in [5.74, 6) is 0.0571. The summed E-state index contributed by atoms with van der Waals surface area (Å²) in [5.41, 5.74) is 2.37. The van der Waals surface area contributed by atoms with Crippen molar-refractivity contribution in [2.24, 2.45) is 0 Å². The summed E-state index contributed by atoms with van der Waals surface area (Å²) in [6.45, 7) is 2.20. The molecule has 0 aliphatic heterocycles. The molecular weight excluding hydrogens is 354 g/mol. The lowest BCUT2D eigenvalue weighted by molar-refractivity contribution is 0.602. The molecule has 2 N–H and O–H groups in total. The van der Waals surface area contributed by atoms with Gasteiger partial charge in [0.2, 0.25) is 10.0 Å². The molecule has 0 saturated carbocycles. The highest BCUT2D eigenvalue weighted by atomic mass is 79.9. The fourth-order valence-corrected chi connectivity index (χ4v) is 2.67. The molecule has 0 spiro atoms. The summed E-state index contributed by atoms with van der Waals surface area (Å²) in [7, 11) is -3.23.